The summed E-state index contributed by atoms with van der Waals surface area (Å²) in [6, 6.07) is 9.50. The fourth-order valence-corrected chi connectivity index (χ4v) is 5.10. The second-order valence-corrected chi connectivity index (χ2v) is 7.85. The maximum absolute atomic E-state index is 11.3. The van der Waals surface area contributed by atoms with E-state index in [1.807, 2.05) is 0 Å². The molecule has 2 atom stereocenters. The standard InChI is InChI=1S/C20H29NO2/c1-15-14-21(19-12-16-4-2-3-5-17(16)13-19)9-8-20(15,22)18-6-10-23-11-7-18/h2-5,15,18-19,22H,6-14H2,1H3/t15-,20+/m1/s1. The van der Waals surface area contributed by atoms with Crippen molar-refractivity contribution < 1.29 is 9.84 Å². The number of nitrogens with zero attached hydrogens (tertiary/aromatic N) is 1. The van der Waals surface area contributed by atoms with E-state index in [1.165, 1.54) is 24.0 Å². The lowest BCUT2D eigenvalue weighted by atomic mass is 9.70. The number of ether oxygens (including phenoxy) is 1. The predicted molar refractivity (Wildman–Crippen MR) is 91.5 cm³/mol. The Hall–Kier alpha value is -0.900. The Kier molecular flexibility index (Phi) is 4.21. The number of rotatable bonds is 2. The van der Waals surface area contributed by atoms with Gasteiger partial charge in [0.15, 0.2) is 0 Å². The van der Waals surface area contributed by atoms with E-state index < -0.39 is 5.60 Å². The van der Waals surface area contributed by atoms with Gasteiger partial charge in [-0.25, -0.2) is 0 Å². The second kappa shape index (κ2) is 6.19. The maximum Gasteiger partial charge on any atom is 0.0727 e. The molecule has 126 valence electrons. The average Bonchev–Trinajstić information content (AvgIpc) is 3.02. The third-order valence-corrected chi connectivity index (χ3v) is 6.64. The summed E-state index contributed by atoms with van der Waals surface area (Å²) in [6.07, 6.45) is 5.33. The predicted octanol–water partition coefficient (Wildman–Crippen LogP) is 2.65. The van der Waals surface area contributed by atoms with Crippen molar-refractivity contribution in [1.29, 1.82) is 0 Å². The van der Waals surface area contributed by atoms with Crippen molar-refractivity contribution in [3.05, 3.63) is 35.4 Å². The molecule has 1 aromatic rings. The lowest BCUT2D eigenvalue weighted by molar-refractivity contribution is -0.134. The lowest BCUT2D eigenvalue weighted by Crippen LogP contribution is -2.57. The molecule has 4 rings (SSSR count). The zero-order valence-electron chi connectivity index (χ0n) is 14.2. The van der Waals surface area contributed by atoms with Gasteiger partial charge in [-0.05, 0) is 55.1 Å². The molecule has 1 aromatic carbocycles. The molecule has 1 aliphatic carbocycles. The molecule has 2 saturated heterocycles. The molecule has 2 fully saturated rings. The van der Waals surface area contributed by atoms with Crippen molar-refractivity contribution in [3.8, 4) is 0 Å². The number of likely N-dealkylation sites (tertiary alicyclic amines) is 1. The Labute approximate surface area is 139 Å². The molecular weight excluding hydrogens is 286 g/mol. The van der Waals surface area contributed by atoms with Crippen LogP contribution < -0.4 is 0 Å². The minimum atomic E-state index is -0.480. The van der Waals surface area contributed by atoms with Crippen molar-refractivity contribution in [2.75, 3.05) is 26.3 Å². The van der Waals surface area contributed by atoms with Gasteiger partial charge in [0.1, 0.15) is 0 Å². The molecule has 1 N–H and O–H groups in total. The van der Waals surface area contributed by atoms with Gasteiger partial charge in [0.2, 0.25) is 0 Å². The van der Waals surface area contributed by atoms with Crippen LogP contribution in [0.4, 0.5) is 0 Å². The molecule has 0 bridgehead atoms. The first-order valence-corrected chi connectivity index (χ1v) is 9.28. The minimum absolute atomic E-state index is 0.350. The zero-order chi connectivity index (χ0) is 15.9. The van der Waals surface area contributed by atoms with E-state index in [2.05, 4.69) is 36.1 Å². The van der Waals surface area contributed by atoms with Gasteiger partial charge in [-0.3, -0.25) is 4.90 Å². The van der Waals surface area contributed by atoms with Gasteiger partial charge >= 0.3 is 0 Å². The maximum atomic E-state index is 11.3. The second-order valence-electron chi connectivity index (χ2n) is 7.85. The van der Waals surface area contributed by atoms with Gasteiger partial charge in [0.05, 0.1) is 5.60 Å². The molecule has 0 aromatic heterocycles. The quantitative estimate of drug-likeness (QED) is 0.911. The van der Waals surface area contributed by atoms with Gasteiger partial charge < -0.3 is 9.84 Å². The summed E-state index contributed by atoms with van der Waals surface area (Å²) >= 11 is 0. The normalized spacial score (nSPS) is 33.7. The Morgan fingerprint density at radius 1 is 1.13 bits per heavy atom. The Balaban J connectivity index is 1.42. The van der Waals surface area contributed by atoms with Crippen molar-refractivity contribution in [3.63, 3.8) is 0 Å². The third-order valence-electron chi connectivity index (χ3n) is 6.64. The molecular formula is C20H29NO2. The van der Waals surface area contributed by atoms with E-state index in [4.69, 9.17) is 4.74 Å². The van der Waals surface area contributed by atoms with Crippen LogP contribution in [0.5, 0.6) is 0 Å². The molecule has 0 unspecified atom stereocenters. The summed E-state index contributed by atoms with van der Waals surface area (Å²) < 4.78 is 5.49. The summed E-state index contributed by atoms with van der Waals surface area (Å²) in [4.78, 5) is 2.64. The first-order valence-electron chi connectivity index (χ1n) is 9.28. The van der Waals surface area contributed by atoms with E-state index in [9.17, 15) is 5.11 Å². The van der Waals surface area contributed by atoms with Crippen molar-refractivity contribution >= 4 is 0 Å². The highest BCUT2D eigenvalue weighted by Crippen LogP contribution is 2.40. The Bertz CT molecular complexity index is 529. The van der Waals surface area contributed by atoms with Crippen LogP contribution in [0.1, 0.15) is 37.3 Å². The van der Waals surface area contributed by atoms with Crippen LogP contribution in [0.15, 0.2) is 24.3 Å². The fraction of sp³-hybridized carbons (Fsp3) is 0.700. The van der Waals surface area contributed by atoms with Crippen LogP contribution in [0, 0.1) is 11.8 Å². The molecule has 0 spiro atoms. The highest BCUT2D eigenvalue weighted by Gasteiger charge is 2.46. The Morgan fingerprint density at radius 2 is 1.78 bits per heavy atom. The average molecular weight is 315 g/mol. The molecule has 0 radical (unpaired) electrons. The van der Waals surface area contributed by atoms with Gasteiger partial charge in [0.25, 0.3) is 0 Å². The molecule has 23 heavy (non-hydrogen) atoms. The summed E-state index contributed by atoms with van der Waals surface area (Å²) in [5, 5.41) is 11.3. The SMILES string of the molecule is C[C@@H]1CN(C2Cc3ccccc3C2)CC[C@@]1(O)C1CCOCC1. The van der Waals surface area contributed by atoms with Gasteiger partial charge in [0, 0.05) is 32.3 Å². The molecule has 2 heterocycles. The number of piperidine rings is 1. The van der Waals surface area contributed by atoms with Gasteiger partial charge in [-0.1, -0.05) is 31.2 Å². The highest BCUT2D eigenvalue weighted by molar-refractivity contribution is 5.33. The van der Waals surface area contributed by atoms with Crippen LogP contribution in [0.3, 0.4) is 0 Å². The highest BCUT2D eigenvalue weighted by atomic mass is 16.5. The topological polar surface area (TPSA) is 32.7 Å². The molecule has 0 saturated carbocycles. The van der Waals surface area contributed by atoms with Crippen LogP contribution in [-0.2, 0) is 17.6 Å². The van der Waals surface area contributed by atoms with E-state index >= 15 is 0 Å². The minimum Gasteiger partial charge on any atom is -0.389 e. The van der Waals surface area contributed by atoms with Crippen LogP contribution in [0.25, 0.3) is 0 Å². The number of benzene rings is 1. The molecule has 2 aliphatic heterocycles. The number of aliphatic hydroxyl groups is 1. The van der Waals surface area contributed by atoms with Crippen LogP contribution in [0.2, 0.25) is 0 Å². The molecule has 3 nitrogen and oxygen atoms in total. The van der Waals surface area contributed by atoms with Crippen molar-refractivity contribution in [2.45, 2.75) is 50.7 Å². The fourth-order valence-electron chi connectivity index (χ4n) is 5.10. The smallest absolute Gasteiger partial charge is 0.0727 e. The number of fused-ring (bicyclic) bond motifs is 1. The van der Waals surface area contributed by atoms with Gasteiger partial charge in [-0.15, -0.1) is 0 Å². The van der Waals surface area contributed by atoms with Gasteiger partial charge in [-0.2, -0.15) is 0 Å². The summed E-state index contributed by atoms with van der Waals surface area (Å²) in [5.74, 6) is 0.775. The van der Waals surface area contributed by atoms with E-state index in [1.54, 1.807) is 0 Å². The van der Waals surface area contributed by atoms with Crippen LogP contribution in [-0.4, -0.2) is 48.0 Å². The molecule has 3 aliphatic rings. The van der Waals surface area contributed by atoms with Crippen molar-refractivity contribution in [1.82, 2.24) is 4.90 Å². The molecule has 3 heteroatoms. The summed E-state index contributed by atoms with van der Waals surface area (Å²) in [7, 11) is 0. The largest absolute Gasteiger partial charge is 0.389 e. The molecule has 0 amide bonds. The number of hydrogen-bond acceptors (Lipinski definition) is 3. The summed E-state index contributed by atoms with van der Waals surface area (Å²) in [5.41, 5.74) is 2.57. The third kappa shape index (κ3) is 2.84. The Morgan fingerprint density at radius 3 is 2.39 bits per heavy atom. The van der Waals surface area contributed by atoms with Crippen LogP contribution >= 0.6 is 0 Å². The number of hydrogen-bond donors (Lipinski definition) is 1. The monoisotopic (exact) mass is 315 g/mol. The van der Waals surface area contributed by atoms with E-state index in [0.717, 1.165) is 45.6 Å². The summed E-state index contributed by atoms with van der Waals surface area (Å²) in [6.45, 7) is 5.97. The van der Waals surface area contributed by atoms with Crippen molar-refractivity contribution in [2.24, 2.45) is 11.8 Å². The van der Waals surface area contributed by atoms with E-state index in [-0.39, 0.29) is 0 Å². The first-order chi connectivity index (χ1) is 11.2. The first kappa shape index (κ1) is 15.6. The lowest BCUT2D eigenvalue weighted by Gasteiger charge is -2.50. The van der Waals surface area contributed by atoms with E-state index in [0.29, 0.717) is 17.9 Å². The zero-order valence-corrected chi connectivity index (χ0v) is 14.2.